The quantitative estimate of drug-likeness (QED) is 0.643. The van der Waals surface area contributed by atoms with Crippen LogP contribution in [0.2, 0.25) is 0 Å². The third kappa shape index (κ3) is 4.61. The largest absolute Gasteiger partial charge is 0.390 e. The van der Waals surface area contributed by atoms with E-state index in [9.17, 15) is 9.90 Å². The molecule has 2 aliphatic heterocycles. The number of hydrazone groups is 1. The Hall–Kier alpha value is -2.52. The lowest BCUT2D eigenvalue weighted by Crippen LogP contribution is -2.49. The molecule has 0 bridgehead atoms. The lowest BCUT2D eigenvalue weighted by molar-refractivity contribution is -0.137. The molecule has 1 atom stereocenters. The maximum Gasteiger partial charge on any atom is 0.225 e. The van der Waals surface area contributed by atoms with E-state index in [1.807, 2.05) is 28.3 Å². The molecule has 174 valence electrons. The number of carbonyl (C=O) groups is 1. The number of rotatable bonds is 7. The van der Waals surface area contributed by atoms with Crippen molar-refractivity contribution in [1.29, 1.82) is 0 Å². The van der Waals surface area contributed by atoms with Crippen molar-refractivity contribution >= 4 is 40.0 Å². The van der Waals surface area contributed by atoms with Crippen LogP contribution < -0.4 is 10.3 Å². The van der Waals surface area contributed by atoms with Crippen LogP contribution in [0.5, 0.6) is 0 Å². The zero-order valence-corrected chi connectivity index (χ0v) is 19.5. The predicted octanol–water partition coefficient (Wildman–Crippen LogP) is 3.88. The number of aliphatic hydroxyl groups is 1. The summed E-state index contributed by atoms with van der Waals surface area (Å²) in [5.41, 5.74) is 1.25. The molecule has 0 radical (unpaired) electrons. The predicted molar refractivity (Wildman–Crippen MR) is 129 cm³/mol. The van der Waals surface area contributed by atoms with Gasteiger partial charge in [-0.1, -0.05) is 11.3 Å². The van der Waals surface area contributed by atoms with Gasteiger partial charge >= 0.3 is 0 Å². The number of amides is 1. The highest BCUT2D eigenvalue weighted by Gasteiger charge is 2.41. The molecule has 8 nitrogen and oxygen atoms in total. The number of nitrogens with one attached hydrogen (secondary N) is 1. The van der Waals surface area contributed by atoms with Crippen molar-refractivity contribution in [2.75, 3.05) is 23.4 Å². The number of hydrogen-bond acceptors (Lipinski definition) is 8. The third-order valence-corrected chi connectivity index (χ3v) is 8.23. The van der Waals surface area contributed by atoms with Gasteiger partial charge in [-0.2, -0.15) is 5.10 Å². The highest BCUT2D eigenvalue weighted by Crippen LogP contribution is 2.42. The monoisotopic (exact) mass is 466 g/mol. The van der Waals surface area contributed by atoms with Crippen molar-refractivity contribution in [1.82, 2.24) is 15.1 Å². The minimum absolute atomic E-state index is 0.128. The summed E-state index contributed by atoms with van der Waals surface area (Å²) in [6.45, 7) is 1.32. The average molecular weight is 467 g/mol. The number of nitrogens with zero attached hydrogens (tertiary/aromatic N) is 5. The fraction of sp³-hybridized carbons (Fsp3) is 0.583. The Bertz CT molecular complexity index is 1040. The smallest absolute Gasteiger partial charge is 0.225 e. The van der Waals surface area contributed by atoms with Crippen molar-refractivity contribution in [2.45, 2.75) is 68.9 Å². The van der Waals surface area contributed by atoms with Gasteiger partial charge in [0.2, 0.25) is 11.0 Å². The van der Waals surface area contributed by atoms with Crippen LogP contribution in [0.3, 0.4) is 0 Å². The molecule has 2 aliphatic carbocycles. The van der Waals surface area contributed by atoms with Gasteiger partial charge in [0.15, 0.2) is 0 Å². The lowest BCUT2D eigenvalue weighted by Gasteiger charge is -2.40. The molecule has 1 saturated heterocycles. The first-order chi connectivity index (χ1) is 16.1. The van der Waals surface area contributed by atoms with Crippen molar-refractivity contribution in [3.05, 3.63) is 29.3 Å². The summed E-state index contributed by atoms with van der Waals surface area (Å²) in [6, 6.07) is 8.32. The van der Waals surface area contributed by atoms with Crippen LogP contribution in [0.15, 0.2) is 29.4 Å². The van der Waals surface area contributed by atoms with Crippen LogP contribution in [0, 0.1) is 5.92 Å². The molecule has 1 aromatic carbocycles. The van der Waals surface area contributed by atoms with Gasteiger partial charge in [-0.25, -0.2) is 0 Å². The van der Waals surface area contributed by atoms with Gasteiger partial charge < -0.3 is 15.3 Å². The molecule has 1 aromatic heterocycles. The highest BCUT2D eigenvalue weighted by atomic mass is 32.1. The molecule has 1 amide bonds. The van der Waals surface area contributed by atoms with Crippen molar-refractivity contribution in [3.63, 3.8) is 0 Å². The number of likely N-dealkylation sites (tertiary alicyclic amines) is 1. The van der Waals surface area contributed by atoms with E-state index in [1.165, 1.54) is 12.8 Å². The standard InChI is InChI=1S/C24H30N6O2S/c31-22(17-3-4-17)29-13-10-24(32,11-14-29)15-20-9-12-25-30(20)19-7-5-18(6-8-19)26-23-28-27-21(33-23)16-1-2-16/h5-8,12,16-17,20,32H,1-4,9-11,13-15H2,(H,26,28). The molecule has 1 unspecified atom stereocenters. The molecule has 4 aliphatic rings. The minimum Gasteiger partial charge on any atom is -0.390 e. The molecule has 0 spiro atoms. The summed E-state index contributed by atoms with van der Waals surface area (Å²) in [4.78, 5) is 14.3. The summed E-state index contributed by atoms with van der Waals surface area (Å²) in [5, 5.41) is 31.7. The number of hydrogen-bond donors (Lipinski definition) is 2. The molecule has 33 heavy (non-hydrogen) atoms. The summed E-state index contributed by atoms with van der Waals surface area (Å²) in [7, 11) is 0. The normalized spacial score (nSPS) is 24.3. The third-order valence-electron chi connectivity index (χ3n) is 7.23. The average Bonchev–Trinajstić information content (AvgIpc) is 3.75. The van der Waals surface area contributed by atoms with Gasteiger partial charge in [0.25, 0.3) is 0 Å². The Kier molecular flexibility index (Phi) is 5.33. The van der Waals surface area contributed by atoms with Crippen LogP contribution in [0.25, 0.3) is 0 Å². The Morgan fingerprint density at radius 3 is 2.58 bits per heavy atom. The fourth-order valence-corrected chi connectivity index (χ4v) is 5.81. The number of benzene rings is 1. The fourth-order valence-electron chi connectivity index (χ4n) is 4.87. The summed E-state index contributed by atoms with van der Waals surface area (Å²) < 4.78 is 0. The zero-order chi connectivity index (χ0) is 22.4. The van der Waals surface area contributed by atoms with Gasteiger partial charge in [-0.3, -0.25) is 9.80 Å². The summed E-state index contributed by atoms with van der Waals surface area (Å²) in [6.07, 6.45) is 9.23. The van der Waals surface area contributed by atoms with E-state index in [0.717, 1.165) is 40.8 Å². The Labute approximate surface area is 197 Å². The van der Waals surface area contributed by atoms with Gasteiger partial charge in [-0.05, 0) is 69.2 Å². The van der Waals surface area contributed by atoms with Crippen LogP contribution in [-0.2, 0) is 4.79 Å². The number of aromatic nitrogens is 2. The molecular formula is C24H30N6O2S. The topological polar surface area (TPSA) is 94.0 Å². The number of piperidine rings is 1. The second kappa shape index (κ2) is 8.36. The molecule has 3 heterocycles. The van der Waals surface area contributed by atoms with E-state index in [2.05, 4.69) is 32.7 Å². The van der Waals surface area contributed by atoms with Crippen LogP contribution in [0.4, 0.5) is 16.5 Å². The number of carbonyl (C=O) groups excluding carboxylic acids is 1. The minimum atomic E-state index is -0.741. The van der Waals surface area contributed by atoms with Crippen LogP contribution in [-0.4, -0.2) is 57.1 Å². The van der Waals surface area contributed by atoms with E-state index in [1.54, 1.807) is 11.3 Å². The highest BCUT2D eigenvalue weighted by molar-refractivity contribution is 7.15. The molecule has 2 saturated carbocycles. The van der Waals surface area contributed by atoms with Crippen molar-refractivity contribution < 1.29 is 9.90 Å². The van der Waals surface area contributed by atoms with Gasteiger partial charge in [0.05, 0.1) is 17.3 Å². The second-order valence-electron chi connectivity index (χ2n) is 9.95. The lowest BCUT2D eigenvalue weighted by atomic mass is 9.84. The van der Waals surface area contributed by atoms with E-state index in [-0.39, 0.29) is 17.9 Å². The molecule has 9 heteroatoms. The van der Waals surface area contributed by atoms with Crippen molar-refractivity contribution in [2.24, 2.45) is 11.0 Å². The maximum absolute atomic E-state index is 12.3. The number of anilines is 3. The van der Waals surface area contributed by atoms with Gasteiger partial charge in [0.1, 0.15) is 5.01 Å². The molecule has 2 N–H and O–H groups in total. The van der Waals surface area contributed by atoms with Gasteiger partial charge in [0, 0.05) is 43.2 Å². The second-order valence-corrected chi connectivity index (χ2v) is 11.0. The SMILES string of the molecule is O=C(C1CC1)N1CCC(O)(CC2CC=NN2c2ccc(Nc3nnc(C4CC4)s3)cc2)CC1. The van der Waals surface area contributed by atoms with Crippen molar-refractivity contribution in [3.8, 4) is 0 Å². The van der Waals surface area contributed by atoms with E-state index < -0.39 is 5.60 Å². The zero-order valence-electron chi connectivity index (χ0n) is 18.7. The van der Waals surface area contributed by atoms with E-state index in [0.29, 0.717) is 38.3 Å². The van der Waals surface area contributed by atoms with Crippen LogP contribution >= 0.6 is 11.3 Å². The molecule has 6 rings (SSSR count). The molecule has 2 aromatic rings. The first-order valence-electron chi connectivity index (χ1n) is 12.1. The maximum atomic E-state index is 12.3. The van der Waals surface area contributed by atoms with Crippen LogP contribution in [0.1, 0.15) is 62.3 Å². The summed E-state index contributed by atoms with van der Waals surface area (Å²) >= 11 is 1.63. The Morgan fingerprint density at radius 2 is 1.88 bits per heavy atom. The van der Waals surface area contributed by atoms with Gasteiger partial charge in [-0.15, -0.1) is 10.2 Å². The molecular weight excluding hydrogens is 436 g/mol. The Morgan fingerprint density at radius 1 is 1.12 bits per heavy atom. The Balaban J connectivity index is 1.06. The first kappa shape index (κ1) is 21.0. The summed E-state index contributed by atoms with van der Waals surface area (Å²) in [5.74, 6) is 1.15. The van der Waals surface area contributed by atoms with E-state index in [4.69, 9.17) is 0 Å². The first-order valence-corrected chi connectivity index (χ1v) is 12.9. The molecule has 3 fully saturated rings. The van der Waals surface area contributed by atoms with E-state index >= 15 is 0 Å².